The number of amides is 4. The monoisotopic (exact) mass is 594 g/mol. The molecule has 11 nitrogen and oxygen atoms in total. The molecule has 0 saturated carbocycles. The number of ether oxygens (including phenoxy) is 2. The largest absolute Gasteiger partial charge is 0.495 e. The maximum absolute atomic E-state index is 13.0. The van der Waals surface area contributed by atoms with E-state index < -0.39 is 24.1 Å². The summed E-state index contributed by atoms with van der Waals surface area (Å²) in [6.45, 7) is 5.64. The number of anilines is 2. The van der Waals surface area contributed by atoms with Crippen molar-refractivity contribution in [2.45, 2.75) is 32.4 Å². The van der Waals surface area contributed by atoms with Crippen LogP contribution in [-0.4, -0.2) is 60.8 Å². The fraction of sp³-hybridized carbons (Fsp3) is 0.267. The lowest BCUT2D eigenvalue weighted by molar-refractivity contribution is -0.139. The molecule has 222 valence electrons. The summed E-state index contributed by atoms with van der Waals surface area (Å²) in [4.78, 5) is 52.0. The molecule has 1 atom stereocenters. The molecule has 4 amide bonds. The smallest absolute Gasteiger partial charge is 0.408 e. The van der Waals surface area contributed by atoms with Gasteiger partial charge in [0, 0.05) is 28.9 Å². The van der Waals surface area contributed by atoms with E-state index in [1.807, 2.05) is 37.3 Å². The topological polar surface area (TPSA) is 146 Å². The van der Waals surface area contributed by atoms with Crippen molar-refractivity contribution >= 4 is 46.7 Å². The summed E-state index contributed by atoms with van der Waals surface area (Å²) in [7, 11) is 3.17. The van der Waals surface area contributed by atoms with Crippen LogP contribution in [0.15, 0.2) is 67.3 Å². The third-order valence-corrected chi connectivity index (χ3v) is 7.22. The van der Waals surface area contributed by atoms with Crippen molar-refractivity contribution in [3.8, 4) is 5.75 Å². The number of nitrogens with one attached hydrogen (secondary N) is 3. The van der Waals surface area contributed by atoms with Gasteiger partial charge in [0.15, 0.2) is 0 Å². The number of hydrogen-bond acceptors (Lipinski definition) is 7. The number of thiophene rings is 1. The number of carbonyl (C=O) groups is 4. The third-order valence-electron chi connectivity index (χ3n) is 6.13. The Hall–Kier alpha value is -4.84. The molecule has 1 aromatic heterocycles. The van der Waals surface area contributed by atoms with E-state index in [-0.39, 0.29) is 25.4 Å². The zero-order valence-corrected chi connectivity index (χ0v) is 24.5. The van der Waals surface area contributed by atoms with E-state index in [0.29, 0.717) is 29.2 Å². The first-order chi connectivity index (χ1) is 20.1. The number of benzene rings is 2. The molecule has 0 spiro atoms. The van der Waals surface area contributed by atoms with Crippen LogP contribution in [0.5, 0.6) is 5.75 Å². The minimum Gasteiger partial charge on any atom is -0.495 e. The van der Waals surface area contributed by atoms with Crippen LogP contribution >= 0.6 is 11.3 Å². The molecule has 12 heteroatoms. The van der Waals surface area contributed by atoms with Gasteiger partial charge < -0.3 is 35.4 Å². The second kappa shape index (κ2) is 15.2. The summed E-state index contributed by atoms with van der Waals surface area (Å²) >= 11 is 1.36. The predicted molar refractivity (Wildman–Crippen MR) is 161 cm³/mol. The number of hydrogen-bond donors (Lipinski definition) is 4. The Labute approximate surface area is 248 Å². The van der Waals surface area contributed by atoms with Gasteiger partial charge in [0.25, 0.3) is 0 Å². The molecule has 0 aliphatic heterocycles. The van der Waals surface area contributed by atoms with Crippen LogP contribution in [0.25, 0.3) is 0 Å². The molecule has 1 unspecified atom stereocenters. The van der Waals surface area contributed by atoms with Crippen molar-refractivity contribution < 1.29 is 33.8 Å². The van der Waals surface area contributed by atoms with Gasteiger partial charge in [0.05, 0.1) is 25.8 Å². The molecule has 4 N–H and O–H groups in total. The van der Waals surface area contributed by atoms with Gasteiger partial charge in [-0.25, -0.2) is 14.4 Å². The highest BCUT2D eigenvalue weighted by Gasteiger charge is 2.22. The van der Waals surface area contributed by atoms with E-state index in [2.05, 4.69) is 22.5 Å². The second-order valence-electron chi connectivity index (χ2n) is 9.35. The normalized spacial score (nSPS) is 11.1. The number of aryl methyl sites for hydroxylation is 1. The lowest BCUT2D eigenvalue weighted by Crippen LogP contribution is -2.42. The molecule has 0 aliphatic rings. The summed E-state index contributed by atoms with van der Waals surface area (Å²) in [5.41, 5.74) is 2.79. The summed E-state index contributed by atoms with van der Waals surface area (Å²) in [5.74, 6) is -0.905. The first-order valence-electron chi connectivity index (χ1n) is 13.0. The van der Waals surface area contributed by atoms with E-state index in [1.165, 1.54) is 24.5 Å². The quantitative estimate of drug-likeness (QED) is 0.208. The number of rotatable bonds is 13. The van der Waals surface area contributed by atoms with Crippen LogP contribution < -0.4 is 20.7 Å². The molecule has 3 rings (SSSR count). The highest BCUT2D eigenvalue weighted by molar-refractivity contribution is 7.12. The average molecular weight is 595 g/mol. The molecule has 0 radical (unpaired) electrons. The first kappa shape index (κ1) is 31.7. The predicted octanol–water partition coefficient (Wildman–Crippen LogP) is 4.82. The number of aliphatic carboxylic acids is 1. The van der Waals surface area contributed by atoms with Gasteiger partial charge in [-0.05, 0) is 48.4 Å². The van der Waals surface area contributed by atoms with Gasteiger partial charge >= 0.3 is 18.1 Å². The maximum Gasteiger partial charge on any atom is 0.408 e. The second-order valence-corrected chi connectivity index (χ2v) is 10.6. The summed E-state index contributed by atoms with van der Waals surface area (Å²) in [5, 5.41) is 17.4. The van der Waals surface area contributed by atoms with Crippen molar-refractivity contribution in [1.29, 1.82) is 0 Å². The average Bonchev–Trinajstić information content (AvgIpc) is 3.39. The Morgan fingerprint density at radius 3 is 2.45 bits per heavy atom. The number of para-hydroxylation sites is 1. The van der Waals surface area contributed by atoms with Gasteiger partial charge in [0.2, 0.25) is 5.91 Å². The summed E-state index contributed by atoms with van der Waals surface area (Å²) < 4.78 is 10.3. The Morgan fingerprint density at radius 1 is 1.05 bits per heavy atom. The molecular weight excluding hydrogens is 560 g/mol. The van der Waals surface area contributed by atoms with E-state index in [4.69, 9.17) is 9.47 Å². The van der Waals surface area contributed by atoms with Gasteiger partial charge in [-0.15, -0.1) is 11.3 Å². The SMILES string of the molecule is C=CCOC(=O)NC(Cc1ccc(CN(C)C(=O)Cc2ccc(NC(=O)Nc3ccccc3C)c(OC)c2)s1)C(=O)O. The first-order valence-corrected chi connectivity index (χ1v) is 13.8. The number of likely N-dealkylation sites (N-methyl/N-ethyl adjacent to an activating group) is 1. The number of alkyl carbamates (subject to hydrolysis) is 1. The maximum atomic E-state index is 13.0. The van der Waals surface area contributed by atoms with Crippen LogP contribution in [0.3, 0.4) is 0 Å². The minimum absolute atomic E-state index is 0.0266. The number of nitrogens with zero attached hydrogens (tertiary/aromatic N) is 1. The van der Waals surface area contributed by atoms with Crippen LogP contribution in [0.1, 0.15) is 20.9 Å². The third kappa shape index (κ3) is 9.37. The van der Waals surface area contributed by atoms with Crippen LogP contribution in [0, 0.1) is 6.92 Å². The highest BCUT2D eigenvalue weighted by Crippen LogP contribution is 2.27. The number of carboxylic acid groups (broad SMARTS) is 1. The summed E-state index contributed by atoms with van der Waals surface area (Å²) in [6, 6.07) is 14.6. The van der Waals surface area contributed by atoms with E-state index >= 15 is 0 Å². The fourth-order valence-electron chi connectivity index (χ4n) is 3.91. The van der Waals surface area contributed by atoms with E-state index in [0.717, 1.165) is 15.3 Å². The Morgan fingerprint density at radius 2 is 1.76 bits per heavy atom. The Bertz CT molecular complexity index is 1440. The number of carboxylic acids is 1. The van der Waals surface area contributed by atoms with E-state index in [1.54, 1.807) is 36.2 Å². The molecule has 1 heterocycles. The van der Waals surface area contributed by atoms with Crippen molar-refractivity contribution in [1.82, 2.24) is 10.2 Å². The van der Waals surface area contributed by atoms with Crippen LogP contribution in [0.4, 0.5) is 21.0 Å². The molecular formula is C30H34N4O7S. The molecule has 0 bridgehead atoms. The minimum atomic E-state index is -1.18. The van der Waals surface area contributed by atoms with Crippen molar-refractivity contribution in [2.75, 3.05) is 31.4 Å². The van der Waals surface area contributed by atoms with Gasteiger partial charge in [0.1, 0.15) is 18.4 Å². The highest BCUT2D eigenvalue weighted by atomic mass is 32.1. The molecule has 2 aromatic carbocycles. The Kier molecular flexibility index (Phi) is 11.5. The van der Waals surface area contributed by atoms with Crippen LogP contribution in [0.2, 0.25) is 0 Å². The molecule has 0 aliphatic carbocycles. The lowest BCUT2D eigenvalue weighted by Gasteiger charge is -2.17. The number of urea groups is 1. The van der Waals surface area contributed by atoms with E-state index in [9.17, 15) is 24.3 Å². The fourth-order valence-corrected chi connectivity index (χ4v) is 5.02. The van der Waals surface area contributed by atoms with Crippen LogP contribution in [-0.2, 0) is 33.7 Å². The van der Waals surface area contributed by atoms with Crippen molar-refractivity contribution in [3.05, 3.63) is 88.1 Å². The Balaban J connectivity index is 1.56. The van der Waals surface area contributed by atoms with Crippen molar-refractivity contribution in [2.24, 2.45) is 0 Å². The van der Waals surface area contributed by atoms with Gasteiger partial charge in [-0.2, -0.15) is 0 Å². The zero-order chi connectivity index (χ0) is 30.6. The standard InChI is InChI=1S/C30H34N4O7S/c1-5-14-41-30(39)33-25(28(36)37)17-21-11-12-22(42-21)18-34(3)27(35)16-20-10-13-24(26(15-20)40-4)32-29(38)31-23-9-7-6-8-19(23)2/h5-13,15,25H,1,14,16-18H2,2-4H3,(H,33,39)(H,36,37)(H2,31,32,38). The number of methoxy groups -OCH3 is 1. The molecule has 3 aromatic rings. The lowest BCUT2D eigenvalue weighted by atomic mass is 10.1. The number of carbonyl (C=O) groups excluding carboxylic acids is 3. The molecule has 0 fully saturated rings. The van der Waals surface area contributed by atoms with Gasteiger partial charge in [-0.1, -0.05) is 36.9 Å². The molecule has 42 heavy (non-hydrogen) atoms. The van der Waals surface area contributed by atoms with Crippen molar-refractivity contribution in [3.63, 3.8) is 0 Å². The summed E-state index contributed by atoms with van der Waals surface area (Å²) in [6.07, 6.45) is 0.731. The molecule has 0 saturated heterocycles. The zero-order valence-electron chi connectivity index (χ0n) is 23.6. The van der Waals surface area contributed by atoms with Gasteiger partial charge in [-0.3, -0.25) is 4.79 Å².